The maximum absolute atomic E-state index is 13.3. The predicted octanol–water partition coefficient (Wildman–Crippen LogP) is 3.74. The van der Waals surface area contributed by atoms with Crippen molar-refractivity contribution >= 4 is 17.0 Å². The minimum Gasteiger partial charge on any atom is -0.497 e. The highest BCUT2D eigenvalue weighted by molar-refractivity contribution is 6.09. The number of aryl methyl sites for hydroxylation is 2. The van der Waals surface area contributed by atoms with Gasteiger partial charge in [-0.2, -0.15) is 5.10 Å². The molecule has 1 N–H and O–H groups in total. The molecule has 0 radical (unpaired) electrons. The molecule has 8 heteroatoms. The second-order valence-electron chi connectivity index (χ2n) is 7.26. The van der Waals surface area contributed by atoms with Crippen molar-refractivity contribution in [2.45, 2.75) is 26.8 Å². The Balaban J connectivity index is 1.77. The molecule has 0 fully saturated rings. The van der Waals surface area contributed by atoms with E-state index in [1.54, 1.807) is 24.1 Å². The first-order chi connectivity index (χ1) is 14.4. The number of nitrogens with zero attached hydrogens (tertiary/aromatic N) is 4. The van der Waals surface area contributed by atoms with Crippen molar-refractivity contribution in [3.8, 4) is 17.0 Å². The highest BCUT2D eigenvalue weighted by Gasteiger charge is 2.23. The van der Waals surface area contributed by atoms with Crippen molar-refractivity contribution in [2.75, 3.05) is 7.11 Å². The van der Waals surface area contributed by atoms with Crippen LogP contribution in [-0.4, -0.2) is 32.9 Å². The lowest BCUT2D eigenvalue weighted by atomic mass is 10.0. The molecule has 0 aliphatic rings. The smallest absolute Gasteiger partial charge is 0.259 e. The molecule has 4 rings (SSSR count). The van der Waals surface area contributed by atoms with Crippen molar-refractivity contribution < 1.29 is 14.1 Å². The molecular formula is C22H23N5O3. The molecule has 30 heavy (non-hydrogen) atoms. The Morgan fingerprint density at radius 3 is 2.77 bits per heavy atom. The average Bonchev–Trinajstić information content (AvgIpc) is 3.30. The highest BCUT2D eigenvalue weighted by Crippen LogP contribution is 2.32. The van der Waals surface area contributed by atoms with Gasteiger partial charge in [-0.25, -0.2) is 4.98 Å². The highest BCUT2D eigenvalue weighted by atomic mass is 16.5. The lowest BCUT2D eigenvalue weighted by Gasteiger charge is -2.14. The van der Waals surface area contributed by atoms with Crippen molar-refractivity contribution in [1.82, 2.24) is 25.2 Å². The van der Waals surface area contributed by atoms with E-state index < -0.39 is 0 Å². The first-order valence-electron chi connectivity index (χ1n) is 9.60. The average molecular weight is 405 g/mol. The minimum absolute atomic E-state index is 0.213. The summed E-state index contributed by atoms with van der Waals surface area (Å²) in [6, 6.07) is 8.99. The van der Waals surface area contributed by atoms with Gasteiger partial charge >= 0.3 is 0 Å². The second-order valence-corrected chi connectivity index (χ2v) is 7.26. The number of benzene rings is 1. The van der Waals surface area contributed by atoms with Gasteiger partial charge in [0.2, 0.25) is 0 Å². The van der Waals surface area contributed by atoms with Gasteiger partial charge in [-0.3, -0.25) is 9.48 Å². The lowest BCUT2D eigenvalue weighted by Crippen LogP contribution is -2.27. The Hall–Kier alpha value is -3.68. The summed E-state index contributed by atoms with van der Waals surface area (Å²) >= 11 is 0. The third-order valence-electron chi connectivity index (χ3n) is 5.25. The third-order valence-corrected chi connectivity index (χ3v) is 5.25. The van der Waals surface area contributed by atoms with Crippen molar-refractivity contribution in [1.29, 1.82) is 0 Å². The van der Waals surface area contributed by atoms with Crippen LogP contribution in [0.25, 0.3) is 22.4 Å². The van der Waals surface area contributed by atoms with E-state index in [-0.39, 0.29) is 11.9 Å². The number of hydrogen-bond acceptors (Lipinski definition) is 6. The summed E-state index contributed by atoms with van der Waals surface area (Å²) < 4.78 is 12.6. The molecule has 154 valence electrons. The Labute approximate surface area is 173 Å². The lowest BCUT2D eigenvalue weighted by molar-refractivity contribution is 0.0941. The Bertz CT molecular complexity index is 1240. The van der Waals surface area contributed by atoms with E-state index in [0.29, 0.717) is 33.8 Å². The number of fused-ring (bicyclic) bond motifs is 1. The first kappa shape index (κ1) is 19.6. The van der Waals surface area contributed by atoms with E-state index in [4.69, 9.17) is 9.26 Å². The zero-order valence-corrected chi connectivity index (χ0v) is 17.6. The van der Waals surface area contributed by atoms with E-state index >= 15 is 0 Å². The van der Waals surface area contributed by atoms with Gasteiger partial charge in [0.1, 0.15) is 11.4 Å². The van der Waals surface area contributed by atoms with Crippen molar-refractivity contribution in [3.63, 3.8) is 0 Å². The normalized spacial score (nSPS) is 12.2. The van der Waals surface area contributed by atoms with Crippen LogP contribution in [0.3, 0.4) is 0 Å². The number of methoxy groups -OCH3 is 1. The summed E-state index contributed by atoms with van der Waals surface area (Å²) in [5.41, 5.74) is 4.75. The largest absolute Gasteiger partial charge is 0.497 e. The van der Waals surface area contributed by atoms with Gasteiger partial charge in [-0.15, -0.1) is 0 Å². The van der Waals surface area contributed by atoms with Gasteiger partial charge < -0.3 is 14.6 Å². The van der Waals surface area contributed by atoms with Crippen LogP contribution >= 0.6 is 0 Å². The molecule has 0 aliphatic carbocycles. The molecule has 8 nitrogen and oxygen atoms in total. The zero-order chi connectivity index (χ0) is 21.4. The van der Waals surface area contributed by atoms with Crippen LogP contribution in [0.5, 0.6) is 5.75 Å². The fourth-order valence-corrected chi connectivity index (χ4v) is 3.51. The first-order valence-corrected chi connectivity index (χ1v) is 9.60. The van der Waals surface area contributed by atoms with Crippen LogP contribution < -0.4 is 10.1 Å². The van der Waals surface area contributed by atoms with Gasteiger partial charge in [-0.05, 0) is 39.0 Å². The number of aromatic nitrogens is 4. The van der Waals surface area contributed by atoms with Crippen LogP contribution in [-0.2, 0) is 7.05 Å². The molecule has 0 saturated heterocycles. The van der Waals surface area contributed by atoms with Crippen LogP contribution in [0.15, 0.2) is 41.1 Å². The maximum Gasteiger partial charge on any atom is 0.259 e. The molecule has 0 bridgehead atoms. The van der Waals surface area contributed by atoms with Gasteiger partial charge in [0.05, 0.1) is 30.3 Å². The van der Waals surface area contributed by atoms with E-state index in [9.17, 15) is 4.79 Å². The molecule has 1 atom stereocenters. The number of ether oxygens (including phenoxy) is 1. The van der Waals surface area contributed by atoms with E-state index in [0.717, 1.165) is 16.8 Å². The summed E-state index contributed by atoms with van der Waals surface area (Å²) in [6.07, 6.45) is 1.77. The van der Waals surface area contributed by atoms with Gasteiger partial charge in [0, 0.05) is 29.6 Å². The van der Waals surface area contributed by atoms with Crippen molar-refractivity contribution in [3.05, 3.63) is 59.0 Å². The molecule has 1 amide bonds. The quantitative estimate of drug-likeness (QED) is 0.543. The van der Waals surface area contributed by atoms with Crippen LogP contribution in [0.1, 0.15) is 40.3 Å². The number of carbonyl (C=O) groups is 1. The van der Waals surface area contributed by atoms with Gasteiger partial charge in [-0.1, -0.05) is 17.3 Å². The summed E-state index contributed by atoms with van der Waals surface area (Å²) in [6.45, 7) is 5.73. The Kier molecular flexibility index (Phi) is 4.99. The SMILES string of the molecule is COc1cccc(-c2noc3nc(C)cc(C(=O)N[C@H](C)c4cnn(C)c4C)c23)c1. The summed E-state index contributed by atoms with van der Waals surface area (Å²) in [5.74, 6) is 0.462. The molecule has 1 aromatic carbocycles. The number of hydrogen-bond donors (Lipinski definition) is 1. The predicted molar refractivity (Wildman–Crippen MR) is 112 cm³/mol. The maximum atomic E-state index is 13.3. The Morgan fingerprint density at radius 1 is 1.27 bits per heavy atom. The van der Waals surface area contributed by atoms with Crippen molar-refractivity contribution in [2.24, 2.45) is 7.05 Å². The monoisotopic (exact) mass is 405 g/mol. The van der Waals surface area contributed by atoms with Gasteiger partial charge in [0.25, 0.3) is 11.6 Å². The topological polar surface area (TPSA) is 95.1 Å². The summed E-state index contributed by atoms with van der Waals surface area (Å²) in [4.78, 5) is 17.7. The number of pyridine rings is 1. The fourth-order valence-electron chi connectivity index (χ4n) is 3.51. The number of nitrogens with one attached hydrogen (secondary N) is 1. The molecule has 0 spiro atoms. The molecule has 3 heterocycles. The summed E-state index contributed by atoms with van der Waals surface area (Å²) in [5, 5.41) is 12.1. The van der Waals surface area contributed by atoms with Gasteiger partial charge in [0.15, 0.2) is 0 Å². The second kappa shape index (κ2) is 7.62. The number of carbonyl (C=O) groups excluding carboxylic acids is 1. The van der Waals surface area contributed by atoms with E-state index in [2.05, 4.69) is 20.6 Å². The van der Waals surface area contributed by atoms with Crippen LogP contribution in [0.4, 0.5) is 0 Å². The zero-order valence-electron chi connectivity index (χ0n) is 17.6. The standard InChI is InChI=1S/C22H23N5O3/c1-12-9-17(21(28)25-13(2)18-11-23-27(4)14(18)3)19-20(26-30-22(19)24-12)15-7-6-8-16(10-15)29-5/h6-11,13H,1-5H3,(H,25,28)/t13-/m1/s1. The molecule has 0 aliphatic heterocycles. The fraction of sp³-hybridized carbons (Fsp3) is 0.273. The molecule has 3 aromatic heterocycles. The van der Waals surface area contributed by atoms with E-state index in [1.807, 2.05) is 52.1 Å². The number of rotatable bonds is 5. The molecule has 4 aromatic rings. The molecule has 0 unspecified atom stereocenters. The van der Waals surface area contributed by atoms with Crippen LogP contribution in [0, 0.1) is 13.8 Å². The summed E-state index contributed by atoms with van der Waals surface area (Å²) in [7, 11) is 3.48. The third kappa shape index (κ3) is 3.41. The van der Waals surface area contributed by atoms with E-state index in [1.165, 1.54) is 0 Å². The van der Waals surface area contributed by atoms with Crippen LogP contribution in [0.2, 0.25) is 0 Å². The molecular weight excluding hydrogens is 382 g/mol. The molecule has 0 saturated carbocycles. The number of amides is 1. The Morgan fingerprint density at radius 2 is 2.07 bits per heavy atom. The minimum atomic E-state index is -0.228.